The van der Waals surface area contributed by atoms with Gasteiger partial charge in [0, 0.05) is 32.8 Å². The van der Waals surface area contributed by atoms with Crippen molar-refractivity contribution >= 4 is 40.4 Å². The molecular weight excluding hydrogens is 403 g/mol. The first-order valence-corrected chi connectivity index (χ1v) is 10.2. The van der Waals surface area contributed by atoms with Gasteiger partial charge in [-0.15, -0.1) is 0 Å². The van der Waals surface area contributed by atoms with E-state index >= 15 is 0 Å². The Morgan fingerprint density at radius 3 is 2.21 bits per heavy atom. The second-order valence-electron chi connectivity index (χ2n) is 8.22. The lowest BCUT2D eigenvalue weighted by Crippen LogP contribution is -2.16. The fourth-order valence-electron chi connectivity index (χ4n) is 3.15. The average molecular weight is 425 g/mol. The largest absolute Gasteiger partial charge is 0.340 e. The van der Waals surface area contributed by atoms with Crippen LogP contribution in [0.1, 0.15) is 32.0 Å². The normalized spacial score (nSPS) is 11.8. The van der Waals surface area contributed by atoms with Crippen LogP contribution in [0.3, 0.4) is 0 Å². The van der Waals surface area contributed by atoms with Gasteiger partial charge in [-0.05, 0) is 30.7 Å². The van der Waals surface area contributed by atoms with Gasteiger partial charge in [-0.2, -0.15) is 9.61 Å². The van der Waals surface area contributed by atoms with E-state index in [-0.39, 0.29) is 5.41 Å². The molecule has 4 rings (SSSR count). The van der Waals surface area contributed by atoms with Crippen LogP contribution in [0.4, 0.5) is 11.5 Å². The molecule has 0 radical (unpaired) electrons. The maximum Gasteiger partial charge on any atom is 0.165 e. The molecular formula is C23H22Cl2N4. The molecule has 4 aromatic rings. The quantitative estimate of drug-likeness (QED) is 0.382. The van der Waals surface area contributed by atoms with Crippen LogP contribution in [0.25, 0.3) is 16.8 Å². The molecule has 0 unspecified atom stereocenters. The first-order chi connectivity index (χ1) is 13.7. The van der Waals surface area contributed by atoms with Gasteiger partial charge in [-0.25, -0.2) is 4.98 Å². The Labute approximate surface area is 180 Å². The predicted molar refractivity (Wildman–Crippen MR) is 122 cm³/mol. The monoisotopic (exact) mass is 424 g/mol. The van der Waals surface area contributed by atoms with Crippen molar-refractivity contribution < 1.29 is 0 Å². The maximum atomic E-state index is 6.18. The molecule has 29 heavy (non-hydrogen) atoms. The number of halogens is 2. The number of benzene rings is 2. The third-order valence-corrected chi connectivity index (χ3v) is 5.17. The molecule has 0 aliphatic heterocycles. The summed E-state index contributed by atoms with van der Waals surface area (Å²) in [6, 6.07) is 15.8. The van der Waals surface area contributed by atoms with Crippen LogP contribution in [-0.4, -0.2) is 14.6 Å². The number of anilines is 2. The lowest BCUT2D eigenvalue weighted by molar-refractivity contribution is 0.569. The molecule has 0 aliphatic rings. The minimum atomic E-state index is -0.126. The van der Waals surface area contributed by atoms with Gasteiger partial charge in [-0.3, -0.25) is 0 Å². The Bertz CT molecular complexity index is 1170. The molecule has 0 saturated carbocycles. The van der Waals surface area contributed by atoms with Crippen LogP contribution in [-0.2, 0) is 5.41 Å². The van der Waals surface area contributed by atoms with Gasteiger partial charge in [0.05, 0.1) is 11.9 Å². The van der Waals surface area contributed by atoms with Crippen molar-refractivity contribution in [2.24, 2.45) is 0 Å². The van der Waals surface area contributed by atoms with E-state index in [1.54, 1.807) is 6.07 Å². The summed E-state index contributed by atoms with van der Waals surface area (Å²) in [7, 11) is 0. The molecule has 1 N–H and O–H groups in total. The molecule has 2 aromatic heterocycles. The van der Waals surface area contributed by atoms with Crippen molar-refractivity contribution in [3.63, 3.8) is 0 Å². The second kappa shape index (κ2) is 7.36. The van der Waals surface area contributed by atoms with Crippen molar-refractivity contribution in [3.8, 4) is 11.1 Å². The first-order valence-electron chi connectivity index (χ1n) is 9.40. The molecule has 6 heteroatoms. The topological polar surface area (TPSA) is 42.2 Å². The fraction of sp³-hybridized carbons (Fsp3) is 0.217. The minimum absolute atomic E-state index is 0.126. The Morgan fingerprint density at radius 2 is 1.59 bits per heavy atom. The van der Waals surface area contributed by atoms with Crippen molar-refractivity contribution in [3.05, 3.63) is 76.0 Å². The third-order valence-electron chi connectivity index (χ3n) is 4.74. The van der Waals surface area contributed by atoms with Crippen LogP contribution in [0.5, 0.6) is 0 Å². The van der Waals surface area contributed by atoms with Gasteiger partial charge in [0.2, 0.25) is 0 Å². The maximum absolute atomic E-state index is 6.18. The predicted octanol–water partition coefficient (Wildman–Crippen LogP) is 7.05. The van der Waals surface area contributed by atoms with E-state index in [1.165, 1.54) is 5.56 Å². The van der Waals surface area contributed by atoms with Crippen LogP contribution in [0.15, 0.2) is 54.7 Å². The molecule has 4 nitrogen and oxygen atoms in total. The van der Waals surface area contributed by atoms with Crippen LogP contribution in [0, 0.1) is 6.92 Å². The van der Waals surface area contributed by atoms with E-state index in [4.69, 9.17) is 28.2 Å². The Hall–Kier alpha value is -2.56. The zero-order valence-electron chi connectivity index (χ0n) is 16.8. The average Bonchev–Trinajstić information content (AvgIpc) is 3.05. The molecule has 0 atom stereocenters. The van der Waals surface area contributed by atoms with Crippen LogP contribution in [0.2, 0.25) is 10.0 Å². The SMILES string of the molecule is Cc1ccc(-c2cnn3c(Nc4cc(Cl)cc(Cl)c4)cc(C(C)(C)C)nc23)cc1. The summed E-state index contributed by atoms with van der Waals surface area (Å²) < 4.78 is 1.82. The highest BCUT2D eigenvalue weighted by Gasteiger charge is 2.21. The zero-order chi connectivity index (χ0) is 20.8. The van der Waals surface area contributed by atoms with E-state index < -0.39 is 0 Å². The first kappa shape index (κ1) is 19.7. The Morgan fingerprint density at radius 1 is 0.931 bits per heavy atom. The van der Waals surface area contributed by atoms with Gasteiger partial charge in [0.1, 0.15) is 5.82 Å². The number of aryl methyl sites for hydroxylation is 1. The summed E-state index contributed by atoms with van der Waals surface area (Å²) in [5, 5.41) is 9.16. The van der Waals surface area contributed by atoms with Gasteiger partial charge < -0.3 is 5.32 Å². The van der Waals surface area contributed by atoms with Crippen LogP contribution >= 0.6 is 23.2 Å². The molecule has 0 amide bonds. The summed E-state index contributed by atoms with van der Waals surface area (Å²) >= 11 is 12.4. The molecule has 148 valence electrons. The lowest BCUT2D eigenvalue weighted by Gasteiger charge is -2.20. The second-order valence-corrected chi connectivity index (χ2v) is 9.09. The van der Waals surface area contributed by atoms with Gasteiger partial charge in [0.25, 0.3) is 0 Å². The number of aromatic nitrogens is 3. The fourth-order valence-corrected chi connectivity index (χ4v) is 3.67. The number of nitrogens with one attached hydrogen (secondary N) is 1. The smallest absolute Gasteiger partial charge is 0.165 e. The van der Waals surface area contributed by atoms with E-state index in [0.717, 1.165) is 34.0 Å². The highest BCUT2D eigenvalue weighted by molar-refractivity contribution is 6.35. The third kappa shape index (κ3) is 4.09. The molecule has 0 aliphatic carbocycles. The summed E-state index contributed by atoms with van der Waals surface area (Å²) in [5.41, 5.74) is 5.73. The molecule has 2 aromatic carbocycles. The van der Waals surface area contributed by atoms with Crippen LogP contribution < -0.4 is 5.32 Å². The summed E-state index contributed by atoms with van der Waals surface area (Å²) in [4.78, 5) is 4.95. The number of hydrogen-bond acceptors (Lipinski definition) is 3. The molecule has 0 bridgehead atoms. The van der Waals surface area contributed by atoms with Crippen molar-refractivity contribution in [1.82, 2.24) is 14.6 Å². The molecule has 0 spiro atoms. The van der Waals surface area contributed by atoms with Crippen molar-refractivity contribution in [2.75, 3.05) is 5.32 Å². The van der Waals surface area contributed by atoms with Gasteiger partial charge in [0.15, 0.2) is 5.65 Å². The minimum Gasteiger partial charge on any atom is -0.340 e. The van der Waals surface area contributed by atoms with Gasteiger partial charge in [-0.1, -0.05) is 73.8 Å². The van der Waals surface area contributed by atoms with E-state index in [0.29, 0.717) is 10.0 Å². The zero-order valence-corrected chi connectivity index (χ0v) is 18.3. The highest BCUT2D eigenvalue weighted by Crippen LogP contribution is 2.32. The molecule has 2 heterocycles. The summed E-state index contributed by atoms with van der Waals surface area (Å²) in [6.45, 7) is 8.52. The molecule has 0 fully saturated rings. The molecule has 0 saturated heterocycles. The number of fused-ring (bicyclic) bond motifs is 1. The standard InChI is InChI=1S/C23H22Cl2N4/c1-14-5-7-15(8-6-14)19-13-26-29-21(12-20(23(2,3)4)28-22(19)29)27-18-10-16(24)9-17(25)11-18/h5-13,27H,1-4H3. The van der Waals surface area contributed by atoms with E-state index in [2.05, 4.69) is 62.4 Å². The van der Waals surface area contributed by atoms with E-state index in [1.807, 2.05) is 28.9 Å². The summed E-state index contributed by atoms with van der Waals surface area (Å²) in [6.07, 6.45) is 1.86. The van der Waals surface area contributed by atoms with Crippen molar-refractivity contribution in [1.29, 1.82) is 0 Å². The number of rotatable bonds is 3. The number of nitrogens with zero attached hydrogens (tertiary/aromatic N) is 3. The Kier molecular flexibility index (Phi) is 5.01. The highest BCUT2D eigenvalue weighted by atomic mass is 35.5. The summed E-state index contributed by atoms with van der Waals surface area (Å²) in [5.74, 6) is 0.802. The van der Waals surface area contributed by atoms with Gasteiger partial charge >= 0.3 is 0 Å². The van der Waals surface area contributed by atoms with Crippen molar-refractivity contribution in [2.45, 2.75) is 33.1 Å². The lowest BCUT2D eigenvalue weighted by atomic mass is 9.92. The Balaban J connectivity index is 1.90. The van der Waals surface area contributed by atoms with E-state index in [9.17, 15) is 0 Å². The number of hydrogen-bond donors (Lipinski definition) is 1.